The Morgan fingerprint density at radius 3 is 2.65 bits per heavy atom. The maximum atomic E-state index is 12.4. The van der Waals surface area contributed by atoms with Crippen molar-refractivity contribution < 1.29 is 14.5 Å². The van der Waals surface area contributed by atoms with Crippen molar-refractivity contribution in [3.63, 3.8) is 0 Å². The highest BCUT2D eigenvalue weighted by atomic mass is 16.6. The molecule has 2 amide bonds. The third-order valence-electron chi connectivity index (χ3n) is 4.58. The molecule has 0 aromatic heterocycles. The second kappa shape index (κ2) is 6.95. The zero-order valence-corrected chi connectivity index (χ0v) is 14.6. The van der Waals surface area contributed by atoms with Gasteiger partial charge in [0, 0.05) is 36.3 Å². The van der Waals surface area contributed by atoms with Crippen molar-refractivity contribution in [2.45, 2.75) is 26.3 Å². The summed E-state index contributed by atoms with van der Waals surface area (Å²) in [7, 11) is 0. The van der Waals surface area contributed by atoms with Crippen LogP contribution in [0.15, 0.2) is 42.5 Å². The van der Waals surface area contributed by atoms with Gasteiger partial charge < -0.3 is 10.2 Å². The minimum absolute atomic E-state index is 0.0578. The summed E-state index contributed by atoms with van der Waals surface area (Å²) in [6, 6.07) is 11.0. The Bertz CT molecular complexity index is 894. The summed E-state index contributed by atoms with van der Waals surface area (Å²) in [5, 5.41) is 13.6. The second-order valence-corrected chi connectivity index (χ2v) is 6.45. The number of non-ortho nitro benzene ring substituents is 1. The number of nitrogens with zero attached hydrogens (tertiary/aromatic N) is 2. The van der Waals surface area contributed by atoms with Gasteiger partial charge >= 0.3 is 0 Å². The fourth-order valence-corrected chi connectivity index (χ4v) is 2.98. The minimum atomic E-state index is -0.544. The topological polar surface area (TPSA) is 92.6 Å². The van der Waals surface area contributed by atoms with Crippen LogP contribution in [-0.4, -0.2) is 29.3 Å². The van der Waals surface area contributed by atoms with Crippen molar-refractivity contribution in [1.82, 2.24) is 5.32 Å². The molecule has 1 aliphatic heterocycles. The molecule has 0 radical (unpaired) electrons. The van der Waals surface area contributed by atoms with E-state index in [4.69, 9.17) is 0 Å². The highest BCUT2D eigenvalue weighted by molar-refractivity contribution is 5.99. The molecule has 2 aromatic rings. The zero-order valence-electron chi connectivity index (χ0n) is 14.6. The molecule has 0 spiro atoms. The molecule has 2 aromatic carbocycles. The molecule has 1 aliphatic rings. The summed E-state index contributed by atoms with van der Waals surface area (Å²) in [6.45, 7) is 4.37. The predicted molar refractivity (Wildman–Crippen MR) is 97.2 cm³/mol. The maximum absolute atomic E-state index is 12.4. The molecule has 26 heavy (non-hydrogen) atoms. The molecular formula is C19H19N3O4. The van der Waals surface area contributed by atoms with Crippen molar-refractivity contribution in [3.05, 3.63) is 69.3 Å². The van der Waals surface area contributed by atoms with E-state index in [0.717, 1.165) is 16.8 Å². The first-order valence-corrected chi connectivity index (χ1v) is 8.28. The molecule has 134 valence electrons. The molecular weight excluding hydrogens is 334 g/mol. The van der Waals surface area contributed by atoms with Gasteiger partial charge in [0.1, 0.15) is 0 Å². The second-order valence-electron chi connectivity index (χ2n) is 6.45. The lowest BCUT2D eigenvalue weighted by Gasteiger charge is -2.18. The third-order valence-corrected chi connectivity index (χ3v) is 4.58. The van der Waals surface area contributed by atoms with Crippen molar-refractivity contribution in [3.8, 4) is 0 Å². The highest BCUT2D eigenvalue weighted by Crippen LogP contribution is 2.24. The van der Waals surface area contributed by atoms with Crippen molar-refractivity contribution in [2.75, 3.05) is 11.4 Å². The summed E-state index contributed by atoms with van der Waals surface area (Å²) in [4.78, 5) is 36.6. The molecule has 0 unspecified atom stereocenters. The largest absolute Gasteiger partial charge is 0.347 e. The number of carbonyl (C=O) groups excluding carboxylic acids is 2. The molecule has 0 bridgehead atoms. The number of nitro groups is 1. The van der Waals surface area contributed by atoms with Crippen LogP contribution in [0, 0.1) is 24.0 Å². The Morgan fingerprint density at radius 1 is 1.19 bits per heavy atom. The Kier molecular flexibility index (Phi) is 4.71. The maximum Gasteiger partial charge on any atom is 0.270 e. The van der Waals surface area contributed by atoms with Gasteiger partial charge in [0.05, 0.1) is 11.0 Å². The fraction of sp³-hybridized carbons (Fsp3) is 0.263. The van der Waals surface area contributed by atoms with E-state index in [-0.39, 0.29) is 29.6 Å². The van der Waals surface area contributed by atoms with E-state index in [1.54, 1.807) is 4.90 Å². The number of aryl methyl sites for hydroxylation is 2. The number of hydrogen-bond acceptors (Lipinski definition) is 4. The number of anilines is 1. The van der Waals surface area contributed by atoms with Gasteiger partial charge in [-0.1, -0.05) is 12.1 Å². The smallest absolute Gasteiger partial charge is 0.270 e. The SMILES string of the molecule is Cc1ccc(N2C[C@@H](NC(=O)c3cccc([N+](=O)[O-])c3)CC2=O)cc1C. The summed E-state index contributed by atoms with van der Waals surface area (Å²) in [5.41, 5.74) is 3.12. The van der Waals surface area contributed by atoms with Gasteiger partial charge in [-0.05, 0) is 43.2 Å². The van der Waals surface area contributed by atoms with Crippen LogP contribution in [0.25, 0.3) is 0 Å². The number of amides is 2. The van der Waals surface area contributed by atoms with Crippen LogP contribution < -0.4 is 10.2 Å². The lowest BCUT2D eigenvalue weighted by Crippen LogP contribution is -2.37. The first-order valence-electron chi connectivity index (χ1n) is 8.28. The van der Waals surface area contributed by atoms with Gasteiger partial charge in [-0.3, -0.25) is 19.7 Å². The molecule has 7 nitrogen and oxygen atoms in total. The fourth-order valence-electron chi connectivity index (χ4n) is 2.98. The van der Waals surface area contributed by atoms with Crippen molar-refractivity contribution in [1.29, 1.82) is 0 Å². The number of hydrogen-bond donors (Lipinski definition) is 1. The summed E-state index contributed by atoms with van der Waals surface area (Å²) in [5.74, 6) is -0.481. The molecule has 0 aliphatic carbocycles. The number of nitro benzene ring substituents is 1. The highest BCUT2D eigenvalue weighted by Gasteiger charge is 2.32. The lowest BCUT2D eigenvalue weighted by atomic mass is 10.1. The average molecular weight is 353 g/mol. The number of carbonyl (C=O) groups is 2. The van der Waals surface area contributed by atoms with Gasteiger partial charge in [-0.15, -0.1) is 0 Å². The average Bonchev–Trinajstić information content (AvgIpc) is 2.97. The standard InChI is InChI=1S/C19H19N3O4/c1-12-6-7-16(8-13(12)2)21-11-15(10-18(21)23)20-19(24)14-4-3-5-17(9-14)22(25)26/h3-9,15H,10-11H2,1-2H3,(H,20,24)/t15-/m0/s1. The van der Waals surface area contributed by atoms with Gasteiger partial charge in [0.15, 0.2) is 0 Å². The van der Waals surface area contributed by atoms with Crippen LogP contribution in [0.4, 0.5) is 11.4 Å². The Labute approximate surface area is 150 Å². The van der Waals surface area contributed by atoms with Crippen molar-refractivity contribution >= 4 is 23.2 Å². The van der Waals surface area contributed by atoms with Crippen LogP contribution in [0.5, 0.6) is 0 Å². The monoisotopic (exact) mass is 353 g/mol. The first kappa shape index (κ1) is 17.6. The van der Waals surface area contributed by atoms with Gasteiger partial charge in [0.2, 0.25) is 5.91 Å². The summed E-state index contributed by atoms with van der Waals surface area (Å²) >= 11 is 0. The Morgan fingerprint density at radius 2 is 1.96 bits per heavy atom. The van der Waals surface area contributed by atoms with Crippen LogP contribution in [0.3, 0.4) is 0 Å². The number of rotatable bonds is 4. The Hall–Kier alpha value is -3.22. The number of nitrogens with one attached hydrogen (secondary N) is 1. The first-order chi connectivity index (χ1) is 12.3. The Balaban J connectivity index is 1.71. The van der Waals surface area contributed by atoms with Crippen LogP contribution >= 0.6 is 0 Å². The van der Waals surface area contributed by atoms with E-state index in [0.29, 0.717) is 6.54 Å². The quantitative estimate of drug-likeness (QED) is 0.676. The lowest BCUT2D eigenvalue weighted by molar-refractivity contribution is -0.384. The molecule has 1 N–H and O–H groups in total. The molecule has 1 atom stereocenters. The normalized spacial score (nSPS) is 16.6. The van der Waals surface area contributed by atoms with Gasteiger partial charge in [0.25, 0.3) is 11.6 Å². The van der Waals surface area contributed by atoms with E-state index < -0.39 is 10.8 Å². The molecule has 0 saturated carbocycles. The van der Waals surface area contributed by atoms with E-state index in [2.05, 4.69) is 5.32 Å². The van der Waals surface area contributed by atoms with Crippen LogP contribution in [0.1, 0.15) is 27.9 Å². The van der Waals surface area contributed by atoms with E-state index in [1.165, 1.54) is 24.3 Å². The van der Waals surface area contributed by atoms with E-state index >= 15 is 0 Å². The van der Waals surface area contributed by atoms with Crippen LogP contribution in [0.2, 0.25) is 0 Å². The predicted octanol–water partition coefficient (Wildman–Crippen LogP) is 2.75. The number of benzene rings is 2. The molecule has 3 rings (SSSR count). The van der Waals surface area contributed by atoms with Crippen molar-refractivity contribution in [2.24, 2.45) is 0 Å². The summed E-state index contributed by atoms with van der Waals surface area (Å²) < 4.78 is 0. The zero-order chi connectivity index (χ0) is 18.8. The van der Waals surface area contributed by atoms with Gasteiger partial charge in [-0.25, -0.2) is 0 Å². The third kappa shape index (κ3) is 3.56. The van der Waals surface area contributed by atoms with Gasteiger partial charge in [-0.2, -0.15) is 0 Å². The molecule has 1 saturated heterocycles. The minimum Gasteiger partial charge on any atom is -0.347 e. The van der Waals surface area contributed by atoms with E-state index in [1.807, 2.05) is 32.0 Å². The molecule has 1 fully saturated rings. The summed E-state index contributed by atoms with van der Waals surface area (Å²) in [6.07, 6.45) is 0.202. The van der Waals surface area contributed by atoms with E-state index in [9.17, 15) is 19.7 Å². The van der Waals surface area contributed by atoms with Crippen LogP contribution in [-0.2, 0) is 4.79 Å². The molecule has 1 heterocycles. The molecule has 7 heteroatoms.